The fourth-order valence-electron chi connectivity index (χ4n) is 5.83. The predicted molar refractivity (Wildman–Crippen MR) is 149 cm³/mol. The van der Waals surface area contributed by atoms with Crippen LogP contribution in [0.1, 0.15) is 23.5 Å². The van der Waals surface area contributed by atoms with Crippen molar-refractivity contribution >= 4 is 49.9 Å². The molecular weight excluding hydrogens is 534 g/mol. The number of hydrogen-bond donors (Lipinski definition) is 3. The minimum absolute atomic E-state index is 0.0192. The molecule has 2 fully saturated rings. The Kier molecular flexibility index (Phi) is 5.43. The van der Waals surface area contributed by atoms with Gasteiger partial charge in [0.2, 0.25) is 11.9 Å². The zero-order chi connectivity index (χ0) is 27.6. The van der Waals surface area contributed by atoms with E-state index in [2.05, 4.69) is 30.8 Å². The number of benzene rings is 2. The number of nitrogens with one attached hydrogen (secondary N) is 3. The van der Waals surface area contributed by atoms with Gasteiger partial charge >= 0.3 is 0 Å². The summed E-state index contributed by atoms with van der Waals surface area (Å²) in [6, 6.07) is 11.8. The van der Waals surface area contributed by atoms with E-state index >= 15 is 0 Å². The summed E-state index contributed by atoms with van der Waals surface area (Å²) in [5.41, 5.74) is 3.10. The summed E-state index contributed by atoms with van der Waals surface area (Å²) in [6.07, 6.45) is 2.29. The third-order valence-corrected chi connectivity index (χ3v) is 9.75. The third kappa shape index (κ3) is 3.83. The number of amides is 1. The van der Waals surface area contributed by atoms with Crippen molar-refractivity contribution in [3.8, 4) is 11.5 Å². The molecule has 1 amide bonds. The molecule has 2 aliphatic heterocycles. The second kappa shape index (κ2) is 8.81. The van der Waals surface area contributed by atoms with Gasteiger partial charge in [0, 0.05) is 30.1 Å². The molecule has 1 aliphatic carbocycles. The molecule has 12 nitrogen and oxygen atoms in total. The third-order valence-electron chi connectivity index (χ3n) is 8.14. The van der Waals surface area contributed by atoms with E-state index in [1.54, 1.807) is 13.3 Å². The average Bonchev–Trinajstić information content (AvgIpc) is 3.51. The Labute approximate surface area is 230 Å². The molecule has 13 heteroatoms. The maximum atomic E-state index is 13.1. The first-order valence-corrected chi connectivity index (χ1v) is 14.7. The summed E-state index contributed by atoms with van der Waals surface area (Å²) < 4.78 is 34.5. The number of methoxy groups -OCH3 is 2. The number of aromatic amines is 1. The van der Waals surface area contributed by atoms with Gasteiger partial charge in [-0.1, -0.05) is 6.07 Å². The Morgan fingerprint density at radius 2 is 1.90 bits per heavy atom. The van der Waals surface area contributed by atoms with Gasteiger partial charge in [-0.15, -0.1) is 0 Å². The topological polar surface area (TPSA) is 151 Å². The summed E-state index contributed by atoms with van der Waals surface area (Å²) in [7, 11) is 0.131. The summed E-state index contributed by atoms with van der Waals surface area (Å²) in [5, 5.41) is 14.7. The van der Waals surface area contributed by atoms with E-state index in [0.29, 0.717) is 36.4 Å². The van der Waals surface area contributed by atoms with Gasteiger partial charge in [0.15, 0.2) is 27.2 Å². The smallest absolute Gasteiger partial charge is 0.235 e. The van der Waals surface area contributed by atoms with E-state index in [1.165, 1.54) is 7.11 Å². The van der Waals surface area contributed by atoms with Crippen molar-refractivity contribution in [1.29, 1.82) is 0 Å². The van der Waals surface area contributed by atoms with E-state index in [0.717, 1.165) is 39.9 Å². The Morgan fingerprint density at radius 3 is 2.67 bits per heavy atom. The lowest BCUT2D eigenvalue weighted by Gasteiger charge is -2.27. The summed E-state index contributed by atoms with van der Waals surface area (Å²) in [5.74, 6) is 2.77. The Balaban J connectivity index is 1.16. The van der Waals surface area contributed by atoms with Crippen LogP contribution < -0.4 is 25.0 Å². The number of rotatable bonds is 6. The van der Waals surface area contributed by atoms with Crippen LogP contribution in [-0.4, -0.2) is 73.3 Å². The van der Waals surface area contributed by atoms with Crippen LogP contribution in [0, 0.1) is 0 Å². The molecule has 2 aromatic heterocycles. The minimum atomic E-state index is -3.03. The van der Waals surface area contributed by atoms with Crippen LogP contribution >= 0.6 is 0 Å². The molecule has 4 heterocycles. The zero-order valence-corrected chi connectivity index (χ0v) is 22.7. The van der Waals surface area contributed by atoms with Gasteiger partial charge in [0.1, 0.15) is 5.75 Å². The first-order chi connectivity index (χ1) is 19.3. The molecule has 0 bridgehead atoms. The number of aromatic nitrogens is 4. The standard InChI is InChI=1S/C27H27N7O5S/c1-38-16-4-6-20-18(12-16)27(25(35)29-20)13-19(27)15-3-5-17-21(11-15)32-33-23(17)30-24-22(39-2)14-28-26(31-24)34-7-9-40(36,37)10-8-34/h3-6,11-12,14,19H,7-10,13H2,1-2H3,(H,29,35)(H2,28,30,31,32,33)/t19-,27-/m0/s1. The van der Waals surface area contributed by atoms with Crippen LogP contribution in [0.2, 0.25) is 0 Å². The highest BCUT2D eigenvalue weighted by Gasteiger charge is 2.65. The maximum Gasteiger partial charge on any atom is 0.235 e. The largest absolute Gasteiger partial charge is 0.497 e. The van der Waals surface area contributed by atoms with Crippen molar-refractivity contribution in [3.63, 3.8) is 0 Å². The summed E-state index contributed by atoms with van der Waals surface area (Å²) >= 11 is 0. The van der Waals surface area contributed by atoms with Crippen molar-refractivity contribution < 1.29 is 22.7 Å². The molecule has 7 rings (SSSR count). The van der Waals surface area contributed by atoms with Crippen molar-refractivity contribution in [2.24, 2.45) is 0 Å². The van der Waals surface area contributed by atoms with Crippen LogP contribution in [0.25, 0.3) is 10.9 Å². The van der Waals surface area contributed by atoms with Gasteiger partial charge in [-0.3, -0.25) is 9.89 Å². The summed E-state index contributed by atoms with van der Waals surface area (Å²) in [4.78, 5) is 23.9. The number of carbonyl (C=O) groups is 1. The molecule has 3 N–H and O–H groups in total. The van der Waals surface area contributed by atoms with E-state index in [-0.39, 0.29) is 23.3 Å². The molecular formula is C27H27N7O5S. The van der Waals surface area contributed by atoms with Crippen LogP contribution in [0.15, 0.2) is 42.6 Å². The number of fused-ring (bicyclic) bond motifs is 3. The monoisotopic (exact) mass is 561 g/mol. The van der Waals surface area contributed by atoms with Gasteiger partial charge in [-0.25, -0.2) is 13.4 Å². The number of carbonyl (C=O) groups excluding carboxylic acids is 1. The van der Waals surface area contributed by atoms with Crippen molar-refractivity contribution in [3.05, 3.63) is 53.7 Å². The van der Waals surface area contributed by atoms with Gasteiger partial charge in [-0.05, 0) is 47.9 Å². The fraction of sp³-hybridized carbons (Fsp3) is 0.333. The van der Waals surface area contributed by atoms with Crippen molar-refractivity contribution in [1.82, 2.24) is 20.2 Å². The summed E-state index contributed by atoms with van der Waals surface area (Å²) in [6.45, 7) is 0.667. The van der Waals surface area contributed by atoms with Gasteiger partial charge < -0.3 is 25.0 Å². The van der Waals surface area contributed by atoms with E-state index in [1.807, 2.05) is 41.3 Å². The first-order valence-electron chi connectivity index (χ1n) is 12.9. The van der Waals surface area contributed by atoms with Crippen LogP contribution in [0.5, 0.6) is 11.5 Å². The van der Waals surface area contributed by atoms with Crippen molar-refractivity contribution in [2.45, 2.75) is 17.8 Å². The molecule has 1 spiro atoms. The lowest BCUT2D eigenvalue weighted by molar-refractivity contribution is -0.118. The van der Waals surface area contributed by atoms with Crippen molar-refractivity contribution in [2.75, 3.05) is 54.3 Å². The lowest BCUT2D eigenvalue weighted by Crippen LogP contribution is -2.41. The Morgan fingerprint density at radius 1 is 1.07 bits per heavy atom. The number of sulfone groups is 1. The van der Waals surface area contributed by atoms with Crippen LogP contribution in [0.4, 0.5) is 23.3 Å². The maximum absolute atomic E-state index is 13.1. The fourth-order valence-corrected chi connectivity index (χ4v) is 7.03. The molecule has 2 aromatic carbocycles. The number of H-pyrrole nitrogens is 1. The second-order valence-corrected chi connectivity index (χ2v) is 12.6. The number of nitrogens with zero attached hydrogens (tertiary/aromatic N) is 4. The van der Waals surface area contributed by atoms with Gasteiger partial charge in [-0.2, -0.15) is 10.1 Å². The number of anilines is 4. The molecule has 0 radical (unpaired) electrons. The zero-order valence-electron chi connectivity index (χ0n) is 21.9. The molecule has 4 aromatic rings. The predicted octanol–water partition coefficient (Wildman–Crippen LogP) is 2.73. The van der Waals surface area contributed by atoms with E-state index in [9.17, 15) is 13.2 Å². The first kappa shape index (κ1) is 24.6. The SMILES string of the molecule is COc1ccc2c(c1)[C@]1(C[C@H]1c1ccc3c(Nc4nc(N5CCS(=O)(=O)CC5)ncc4OC)n[nH]c3c1)C(=O)N2. The quantitative estimate of drug-likeness (QED) is 0.320. The Hall–Kier alpha value is -4.39. The lowest BCUT2D eigenvalue weighted by atomic mass is 9.91. The highest BCUT2D eigenvalue weighted by Crippen LogP contribution is 2.65. The molecule has 1 saturated carbocycles. The van der Waals surface area contributed by atoms with E-state index < -0.39 is 15.3 Å². The minimum Gasteiger partial charge on any atom is -0.497 e. The number of ether oxygens (including phenoxy) is 2. The number of hydrogen-bond acceptors (Lipinski definition) is 10. The molecule has 206 valence electrons. The average molecular weight is 562 g/mol. The normalized spacial score (nSPS) is 22.7. The van der Waals surface area contributed by atoms with Crippen LogP contribution in [-0.2, 0) is 20.0 Å². The second-order valence-electron chi connectivity index (χ2n) is 10.3. The molecule has 0 unspecified atom stereocenters. The molecule has 40 heavy (non-hydrogen) atoms. The molecule has 2 atom stereocenters. The van der Waals surface area contributed by atoms with Crippen LogP contribution in [0.3, 0.4) is 0 Å². The highest BCUT2D eigenvalue weighted by molar-refractivity contribution is 7.91. The van der Waals surface area contributed by atoms with E-state index in [4.69, 9.17) is 9.47 Å². The highest BCUT2D eigenvalue weighted by atomic mass is 32.2. The molecule has 1 saturated heterocycles. The van der Waals surface area contributed by atoms with Gasteiger partial charge in [0.25, 0.3) is 0 Å². The van der Waals surface area contributed by atoms with Gasteiger partial charge in [0.05, 0.1) is 42.9 Å². The molecule has 3 aliphatic rings. The Bertz CT molecular complexity index is 1780.